The van der Waals surface area contributed by atoms with Crippen LogP contribution >= 0.6 is 0 Å². The summed E-state index contributed by atoms with van der Waals surface area (Å²) in [7, 11) is 0. The molecule has 1 N–H and O–H groups in total. The van der Waals surface area contributed by atoms with Crippen LogP contribution in [0.25, 0.3) is 0 Å². The summed E-state index contributed by atoms with van der Waals surface area (Å²) in [6.07, 6.45) is 1.32. The van der Waals surface area contributed by atoms with Crippen LogP contribution in [0.15, 0.2) is 18.2 Å². The highest BCUT2D eigenvalue weighted by Gasteiger charge is 2.26. The number of aromatic nitrogens is 1. The molecular formula is C17H29N3. The zero-order chi connectivity index (χ0) is 14.5. The first-order valence-corrected chi connectivity index (χ1v) is 7.94. The first-order valence-electron chi connectivity index (χ1n) is 7.94. The molecule has 0 aliphatic carbocycles. The van der Waals surface area contributed by atoms with E-state index in [0.717, 1.165) is 31.2 Å². The smallest absolute Gasteiger partial charge is 0.0547 e. The minimum absolute atomic E-state index is 0.685. The van der Waals surface area contributed by atoms with E-state index in [1.54, 1.807) is 0 Å². The summed E-state index contributed by atoms with van der Waals surface area (Å²) in [4.78, 5) is 7.34. The van der Waals surface area contributed by atoms with Crippen LogP contribution in [-0.4, -0.2) is 29.0 Å². The minimum Gasteiger partial charge on any atom is -0.311 e. The fraction of sp³-hybridized carbons (Fsp3) is 0.706. The normalized spacial score (nSPS) is 23.6. The average molecular weight is 275 g/mol. The maximum absolute atomic E-state index is 4.79. The number of nitrogens with zero attached hydrogens (tertiary/aromatic N) is 2. The zero-order valence-corrected chi connectivity index (χ0v) is 13.4. The Morgan fingerprint density at radius 1 is 1.30 bits per heavy atom. The van der Waals surface area contributed by atoms with E-state index in [9.17, 15) is 0 Å². The van der Waals surface area contributed by atoms with E-state index in [0.29, 0.717) is 12.0 Å². The van der Waals surface area contributed by atoms with Gasteiger partial charge in [0.15, 0.2) is 0 Å². The Labute approximate surface area is 123 Å². The van der Waals surface area contributed by atoms with E-state index in [2.05, 4.69) is 56.1 Å². The number of likely N-dealkylation sites (tertiary alicyclic amines) is 1. The average Bonchev–Trinajstić information content (AvgIpc) is 2.68. The van der Waals surface area contributed by atoms with E-state index in [-0.39, 0.29) is 0 Å². The number of pyridine rings is 1. The van der Waals surface area contributed by atoms with Crippen LogP contribution < -0.4 is 5.32 Å². The van der Waals surface area contributed by atoms with E-state index < -0.39 is 0 Å². The van der Waals surface area contributed by atoms with E-state index in [1.165, 1.54) is 18.7 Å². The Morgan fingerprint density at radius 3 is 2.70 bits per heavy atom. The van der Waals surface area contributed by atoms with Crippen molar-refractivity contribution in [3.63, 3.8) is 0 Å². The van der Waals surface area contributed by atoms with Gasteiger partial charge in [0, 0.05) is 25.7 Å². The van der Waals surface area contributed by atoms with Crippen molar-refractivity contribution in [1.29, 1.82) is 0 Å². The van der Waals surface area contributed by atoms with Gasteiger partial charge in [0.25, 0.3) is 0 Å². The van der Waals surface area contributed by atoms with Gasteiger partial charge in [-0.25, -0.2) is 0 Å². The molecule has 3 nitrogen and oxygen atoms in total. The highest BCUT2D eigenvalue weighted by Crippen LogP contribution is 2.23. The molecule has 20 heavy (non-hydrogen) atoms. The van der Waals surface area contributed by atoms with Gasteiger partial charge in [0.05, 0.1) is 11.4 Å². The van der Waals surface area contributed by atoms with Crippen LogP contribution in [0.2, 0.25) is 0 Å². The molecule has 2 rings (SSSR count). The van der Waals surface area contributed by atoms with Crippen molar-refractivity contribution in [2.75, 3.05) is 13.1 Å². The summed E-state index contributed by atoms with van der Waals surface area (Å²) in [6, 6.07) is 7.10. The predicted octanol–water partition coefficient (Wildman–Crippen LogP) is 3.06. The molecule has 3 heteroatoms. The lowest BCUT2D eigenvalue weighted by Gasteiger charge is -2.20. The van der Waals surface area contributed by atoms with Gasteiger partial charge in [-0.15, -0.1) is 0 Å². The third kappa shape index (κ3) is 4.57. The molecule has 0 bridgehead atoms. The molecule has 0 aromatic carbocycles. The van der Waals surface area contributed by atoms with Gasteiger partial charge in [0.2, 0.25) is 0 Å². The Kier molecular flexibility index (Phi) is 5.55. The van der Waals surface area contributed by atoms with Gasteiger partial charge in [-0.1, -0.05) is 26.8 Å². The highest BCUT2D eigenvalue weighted by molar-refractivity contribution is 5.11. The molecule has 2 atom stereocenters. The lowest BCUT2D eigenvalue weighted by Crippen LogP contribution is -2.27. The highest BCUT2D eigenvalue weighted by atomic mass is 15.2. The fourth-order valence-electron chi connectivity index (χ4n) is 3.02. The van der Waals surface area contributed by atoms with E-state index in [4.69, 9.17) is 4.98 Å². The summed E-state index contributed by atoms with van der Waals surface area (Å²) in [5, 5.41) is 3.46. The topological polar surface area (TPSA) is 28.2 Å². The second-order valence-electron chi connectivity index (χ2n) is 6.76. The Morgan fingerprint density at radius 2 is 2.05 bits per heavy atom. The molecule has 1 saturated heterocycles. The number of nitrogens with one attached hydrogen (secondary N) is 1. The largest absolute Gasteiger partial charge is 0.311 e. The predicted molar refractivity (Wildman–Crippen MR) is 84.4 cm³/mol. The van der Waals surface area contributed by atoms with Crippen molar-refractivity contribution >= 4 is 0 Å². The molecule has 0 radical (unpaired) electrons. The van der Waals surface area contributed by atoms with E-state index >= 15 is 0 Å². The Hall–Kier alpha value is -0.930. The number of hydrogen-bond donors (Lipinski definition) is 1. The standard InChI is InChI=1S/C17H29N3/c1-13(2)9-18-10-16-6-5-7-17(19-16)12-20-11-14(3)8-15(20)4/h5-7,13-15,18H,8-12H2,1-4H3. The molecule has 0 spiro atoms. The van der Waals surface area contributed by atoms with Gasteiger partial charge in [-0.2, -0.15) is 0 Å². The summed E-state index contributed by atoms with van der Waals surface area (Å²) >= 11 is 0. The van der Waals surface area contributed by atoms with E-state index in [1.807, 2.05) is 0 Å². The third-order valence-electron chi connectivity index (χ3n) is 4.00. The van der Waals surface area contributed by atoms with Crippen LogP contribution in [0, 0.1) is 11.8 Å². The molecule has 1 aromatic heterocycles. The monoisotopic (exact) mass is 275 g/mol. The van der Waals surface area contributed by atoms with Crippen molar-refractivity contribution in [2.45, 2.75) is 53.2 Å². The van der Waals surface area contributed by atoms with Crippen LogP contribution in [0.1, 0.15) is 45.5 Å². The number of rotatable bonds is 6. The van der Waals surface area contributed by atoms with Crippen molar-refractivity contribution < 1.29 is 0 Å². The van der Waals surface area contributed by atoms with Gasteiger partial charge < -0.3 is 5.32 Å². The summed E-state index contributed by atoms with van der Waals surface area (Å²) in [5.74, 6) is 1.51. The van der Waals surface area contributed by atoms with Crippen molar-refractivity contribution in [2.24, 2.45) is 11.8 Å². The number of hydrogen-bond acceptors (Lipinski definition) is 3. The van der Waals surface area contributed by atoms with Crippen LogP contribution in [0.5, 0.6) is 0 Å². The molecule has 0 amide bonds. The van der Waals surface area contributed by atoms with Crippen molar-refractivity contribution in [3.05, 3.63) is 29.6 Å². The maximum Gasteiger partial charge on any atom is 0.0547 e. The molecule has 1 fully saturated rings. The lowest BCUT2D eigenvalue weighted by molar-refractivity contribution is 0.253. The minimum atomic E-state index is 0.685. The SMILES string of the molecule is CC(C)CNCc1cccc(CN2CC(C)CC2C)n1. The van der Waals surface area contributed by atoms with Crippen LogP contribution in [0.3, 0.4) is 0 Å². The maximum atomic E-state index is 4.79. The van der Waals surface area contributed by atoms with Crippen LogP contribution in [-0.2, 0) is 13.1 Å². The Balaban J connectivity index is 1.89. The molecule has 1 aliphatic heterocycles. The van der Waals surface area contributed by atoms with Gasteiger partial charge in [-0.3, -0.25) is 9.88 Å². The van der Waals surface area contributed by atoms with Gasteiger partial charge in [-0.05, 0) is 43.9 Å². The lowest BCUT2D eigenvalue weighted by atomic mass is 10.1. The quantitative estimate of drug-likeness (QED) is 0.865. The van der Waals surface area contributed by atoms with Gasteiger partial charge >= 0.3 is 0 Å². The molecule has 2 unspecified atom stereocenters. The zero-order valence-electron chi connectivity index (χ0n) is 13.4. The van der Waals surface area contributed by atoms with Crippen molar-refractivity contribution in [3.8, 4) is 0 Å². The summed E-state index contributed by atoms with van der Waals surface area (Å²) in [5.41, 5.74) is 2.36. The fourth-order valence-corrected chi connectivity index (χ4v) is 3.02. The second-order valence-corrected chi connectivity index (χ2v) is 6.76. The molecule has 112 valence electrons. The molecule has 2 heterocycles. The Bertz CT molecular complexity index is 416. The second kappa shape index (κ2) is 7.19. The first kappa shape index (κ1) is 15.5. The molecule has 1 aliphatic rings. The summed E-state index contributed by atoms with van der Waals surface area (Å²) < 4.78 is 0. The third-order valence-corrected chi connectivity index (χ3v) is 4.00. The molecule has 0 saturated carbocycles. The molecular weight excluding hydrogens is 246 g/mol. The van der Waals surface area contributed by atoms with Gasteiger partial charge in [0.1, 0.15) is 0 Å². The van der Waals surface area contributed by atoms with Crippen LogP contribution in [0.4, 0.5) is 0 Å². The first-order chi connectivity index (χ1) is 9.54. The molecule has 1 aromatic rings. The van der Waals surface area contributed by atoms with Crippen molar-refractivity contribution in [1.82, 2.24) is 15.2 Å². The summed E-state index contributed by atoms with van der Waals surface area (Å²) in [6.45, 7) is 13.3.